The predicted octanol–water partition coefficient (Wildman–Crippen LogP) is 2.36. The van der Waals surface area contributed by atoms with Gasteiger partial charge in [-0.3, -0.25) is 0 Å². The van der Waals surface area contributed by atoms with E-state index in [9.17, 15) is 14.3 Å². The molecule has 2 atom stereocenters. The molecule has 5 nitrogen and oxygen atoms in total. The van der Waals surface area contributed by atoms with E-state index in [2.05, 4.69) is 10.6 Å². The quantitative estimate of drug-likeness (QED) is 0.723. The Morgan fingerprint density at radius 1 is 1.48 bits per heavy atom. The standard InChI is InChI=1S/C15H23FN2O3/c1-4-11(19)8-9-17-15(20)18-10(2)14-12(16)6-5-7-13(14)21-3/h5-7,10-11,19H,4,8-9H2,1-3H3,(H2,17,18,20). The molecule has 0 radical (unpaired) electrons. The Hall–Kier alpha value is -1.82. The van der Waals surface area contributed by atoms with Crippen molar-refractivity contribution < 1.29 is 19.0 Å². The lowest BCUT2D eigenvalue weighted by Gasteiger charge is -2.18. The molecule has 118 valence electrons. The summed E-state index contributed by atoms with van der Waals surface area (Å²) in [5.74, 6) is -0.0345. The number of ether oxygens (including phenoxy) is 1. The van der Waals surface area contributed by atoms with Crippen LogP contribution in [-0.2, 0) is 0 Å². The molecule has 0 aliphatic rings. The Kier molecular flexibility index (Phi) is 6.94. The van der Waals surface area contributed by atoms with Crippen LogP contribution >= 0.6 is 0 Å². The molecule has 0 bridgehead atoms. The first-order valence-corrected chi connectivity index (χ1v) is 7.04. The van der Waals surface area contributed by atoms with E-state index in [1.165, 1.54) is 13.2 Å². The topological polar surface area (TPSA) is 70.6 Å². The van der Waals surface area contributed by atoms with Gasteiger partial charge in [-0.1, -0.05) is 13.0 Å². The summed E-state index contributed by atoms with van der Waals surface area (Å²) in [5.41, 5.74) is 0.309. The van der Waals surface area contributed by atoms with Gasteiger partial charge in [0.25, 0.3) is 0 Å². The van der Waals surface area contributed by atoms with E-state index in [0.29, 0.717) is 30.7 Å². The molecular weight excluding hydrogens is 275 g/mol. The second-order valence-corrected chi connectivity index (χ2v) is 4.83. The van der Waals surface area contributed by atoms with Crippen molar-refractivity contribution in [2.24, 2.45) is 0 Å². The third kappa shape index (κ3) is 5.23. The lowest BCUT2D eigenvalue weighted by Crippen LogP contribution is -2.38. The number of amides is 2. The molecule has 0 saturated carbocycles. The summed E-state index contributed by atoms with van der Waals surface area (Å²) < 4.78 is 19.0. The number of hydrogen-bond donors (Lipinski definition) is 3. The molecule has 2 unspecified atom stereocenters. The second kappa shape index (κ2) is 8.46. The van der Waals surface area contributed by atoms with Crippen molar-refractivity contribution in [2.45, 2.75) is 38.8 Å². The van der Waals surface area contributed by atoms with Crippen molar-refractivity contribution in [3.05, 3.63) is 29.6 Å². The van der Waals surface area contributed by atoms with Crippen LogP contribution in [-0.4, -0.2) is 30.9 Å². The molecule has 0 fully saturated rings. The van der Waals surface area contributed by atoms with Crippen LogP contribution in [0, 0.1) is 5.82 Å². The van der Waals surface area contributed by atoms with Crippen molar-refractivity contribution in [2.75, 3.05) is 13.7 Å². The highest BCUT2D eigenvalue weighted by Crippen LogP contribution is 2.27. The van der Waals surface area contributed by atoms with Crippen molar-refractivity contribution in [1.29, 1.82) is 0 Å². The molecule has 1 rings (SSSR count). The number of carbonyl (C=O) groups is 1. The van der Waals surface area contributed by atoms with Gasteiger partial charge in [0, 0.05) is 6.54 Å². The average Bonchev–Trinajstić information content (AvgIpc) is 2.46. The van der Waals surface area contributed by atoms with Crippen molar-refractivity contribution >= 4 is 6.03 Å². The fourth-order valence-corrected chi connectivity index (χ4v) is 1.99. The average molecular weight is 298 g/mol. The van der Waals surface area contributed by atoms with Gasteiger partial charge in [-0.15, -0.1) is 0 Å². The number of hydrogen-bond acceptors (Lipinski definition) is 3. The van der Waals surface area contributed by atoms with Crippen LogP contribution in [0.25, 0.3) is 0 Å². The summed E-state index contributed by atoms with van der Waals surface area (Å²) in [6.45, 7) is 3.92. The van der Waals surface area contributed by atoms with E-state index < -0.39 is 24.0 Å². The minimum Gasteiger partial charge on any atom is -0.496 e. The van der Waals surface area contributed by atoms with Gasteiger partial charge in [0.1, 0.15) is 11.6 Å². The van der Waals surface area contributed by atoms with Crippen LogP contribution in [0.5, 0.6) is 5.75 Å². The van der Waals surface area contributed by atoms with Gasteiger partial charge in [-0.25, -0.2) is 9.18 Å². The smallest absolute Gasteiger partial charge is 0.315 e. The minimum absolute atomic E-state index is 0.309. The zero-order valence-corrected chi connectivity index (χ0v) is 12.6. The van der Waals surface area contributed by atoms with Gasteiger partial charge in [0.2, 0.25) is 0 Å². The minimum atomic E-state index is -0.530. The van der Waals surface area contributed by atoms with Crippen molar-refractivity contribution in [1.82, 2.24) is 10.6 Å². The molecule has 2 amide bonds. The molecule has 21 heavy (non-hydrogen) atoms. The van der Waals surface area contributed by atoms with Crippen LogP contribution in [0.15, 0.2) is 18.2 Å². The number of halogens is 1. The fraction of sp³-hybridized carbons (Fsp3) is 0.533. The largest absolute Gasteiger partial charge is 0.496 e. The van der Waals surface area contributed by atoms with Gasteiger partial charge in [0.05, 0.1) is 24.8 Å². The molecule has 0 aliphatic carbocycles. The van der Waals surface area contributed by atoms with Crippen molar-refractivity contribution in [3.8, 4) is 5.75 Å². The normalized spacial score (nSPS) is 13.4. The second-order valence-electron chi connectivity index (χ2n) is 4.83. The number of rotatable bonds is 7. The summed E-state index contributed by atoms with van der Waals surface area (Å²) >= 11 is 0. The predicted molar refractivity (Wildman–Crippen MR) is 78.8 cm³/mol. The van der Waals surface area contributed by atoms with Crippen LogP contribution in [0.4, 0.5) is 9.18 Å². The first-order valence-electron chi connectivity index (χ1n) is 7.04. The molecule has 0 aromatic heterocycles. The molecule has 1 aromatic carbocycles. The molecule has 0 heterocycles. The van der Waals surface area contributed by atoms with Crippen LogP contribution < -0.4 is 15.4 Å². The Morgan fingerprint density at radius 3 is 2.81 bits per heavy atom. The highest BCUT2D eigenvalue weighted by Gasteiger charge is 2.18. The SMILES string of the molecule is CCC(O)CCNC(=O)NC(C)c1c(F)cccc1OC. The van der Waals surface area contributed by atoms with Crippen LogP contribution in [0.3, 0.4) is 0 Å². The summed E-state index contributed by atoms with van der Waals surface area (Å²) in [6, 6.07) is 3.59. The third-order valence-corrected chi connectivity index (χ3v) is 3.25. The van der Waals surface area contributed by atoms with Gasteiger partial charge in [0.15, 0.2) is 0 Å². The highest BCUT2D eigenvalue weighted by atomic mass is 19.1. The van der Waals surface area contributed by atoms with E-state index in [0.717, 1.165) is 0 Å². The zero-order chi connectivity index (χ0) is 15.8. The number of carbonyl (C=O) groups excluding carboxylic acids is 1. The Bertz CT molecular complexity index is 468. The van der Waals surface area contributed by atoms with E-state index in [-0.39, 0.29) is 0 Å². The summed E-state index contributed by atoms with van der Waals surface area (Å²) in [7, 11) is 1.46. The molecule has 6 heteroatoms. The number of nitrogens with one attached hydrogen (secondary N) is 2. The molecule has 1 aromatic rings. The lowest BCUT2D eigenvalue weighted by molar-refractivity contribution is 0.160. The van der Waals surface area contributed by atoms with Gasteiger partial charge >= 0.3 is 6.03 Å². The number of methoxy groups -OCH3 is 1. The van der Waals surface area contributed by atoms with E-state index in [1.54, 1.807) is 19.1 Å². The Morgan fingerprint density at radius 2 is 2.19 bits per heavy atom. The first kappa shape index (κ1) is 17.2. The fourth-order valence-electron chi connectivity index (χ4n) is 1.99. The van der Waals surface area contributed by atoms with Gasteiger partial charge in [-0.05, 0) is 31.9 Å². The van der Waals surface area contributed by atoms with Crippen LogP contribution in [0.2, 0.25) is 0 Å². The Labute approximate surface area is 124 Å². The lowest BCUT2D eigenvalue weighted by atomic mass is 10.1. The summed E-state index contributed by atoms with van der Waals surface area (Å²) in [6.07, 6.45) is 0.711. The van der Waals surface area contributed by atoms with E-state index in [1.807, 2.05) is 6.92 Å². The Balaban J connectivity index is 2.57. The number of aliphatic hydroxyl groups is 1. The summed E-state index contributed by atoms with van der Waals surface area (Å²) in [4.78, 5) is 11.7. The number of benzene rings is 1. The molecule has 0 aliphatic heterocycles. The maximum atomic E-state index is 13.9. The number of aliphatic hydroxyl groups excluding tert-OH is 1. The maximum Gasteiger partial charge on any atom is 0.315 e. The van der Waals surface area contributed by atoms with E-state index >= 15 is 0 Å². The zero-order valence-electron chi connectivity index (χ0n) is 12.6. The third-order valence-electron chi connectivity index (χ3n) is 3.25. The van der Waals surface area contributed by atoms with Gasteiger partial charge < -0.3 is 20.5 Å². The summed E-state index contributed by atoms with van der Waals surface area (Å²) in [5, 5.41) is 14.7. The monoisotopic (exact) mass is 298 g/mol. The highest BCUT2D eigenvalue weighted by molar-refractivity contribution is 5.74. The van der Waals surface area contributed by atoms with E-state index in [4.69, 9.17) is 4.74 Å². The first-order chi connectivity index (χ1) is 9.99. The molecule has 3 N–H and O–H groups in total. The van der Waals surface area contributed by atoms with Crippen molar-refractivity contribution in [3.63, 3.8) is 0 Å². The maximum absolute atomic E-state index is 13.9. The molecule has 0 saturated heterocycles. The number of urea groups is 1. The molecular formula is C15H23FN2O3. The van der Waals surface area contributed by atoms with Crippen LogP contribution in [0.1, 0.15) is 38.3 Å². The molecule has 0 spiro atoms. The van der Waals surface area contributed by atoms with Gasteiger partial charge in [-0.2, -0.15) is 0 Å².